The van der Waals surface area contributed by atoms with E-state index in [4.69, 9.17) is 0 Å². The molecule has 0 radical (unpaired) electrons. The van der Waals surface area contributed by atoms with Crippen LogP contribution in [0.1, 0.15) is 16.7 Å². The van der Waals surface area contributed by atoms with Gasteiger partial charge in [-0.05, 0) is 46.5 Å². The first-order chi connectivity index (χ1) is 9.50. The van der Waals surface area contributed by atoms with E-state index >= 15 is 0 Å². The lowest BCUT2D eigenvalue weighted by atomic mass is 10.1. The largest absolute Gasteiger partial charge is 0.380 e. The molecule has 0 aliphatic carbocycles. The minimum Gasteiger partial charge on any atom is -0.380 e. The number of nitro benzene ring substituents is 1. The number of para-hydroxylation sites is 1. The van der Waals surface area contributed by atoms with E-state index in [2.05, 4.69) is 21.2 Å². The number of nitrogens with one attached hydrogen (secondary N) is 1. The molecule has 5 heteroatoms. The Morgan fingerprint density at radius 1 is 1.15 bits per heavy atom. The summed E-state index contributed by atoms with van der Waals surface area (Å²) in [7, 11) is 0. The first kappa shape index (κ1) is 14.5. The highest BCUT2D eigenvalue weighted by atomic mass is 79.9. The van der Waals surface area contributed by atoms with Crippen molar-refractivity contribution in [3.63, 3.8) is 0 Å². The lowest BCUT2D eigenvalue weighted by Crippen LogP contribution is -2.04. The van der Waals surface area contributed by atoms with Gasteiger partial charge < -0.3 is 5.32 Å². The fourth-order valence-electron chi connectivity index (χ4n) is 2.12. The third-order valence-corrected chi connectivity index (χ3v) is 4.11. The van der Waals surface area contributed by atoms with Gasteiger partial charge in [-0.1, -0.05) is 30.3 Å². The van der Waals surface area contributed by atoms with Gasteiger partial charge in [0.15, 0.2) is 0 Å². The second kappa shape index (κ2) is 6.05. The Kier molecular flexibility index (Phi) is 4.39. The van der Waals surface area contributed by atoms with Gasteiger partial charge in [0.2, 0.25) is 0 Å². The molecule has 0 aromatic heterocycles. The molecule has 0 amide bonds. The quantitative estimate of drug-likeness (QED) is 0.657. The molecular formula is C15H15BrN2O2. The van der Waals surface area contributed by atoms with Crippen molar-refractivity contribution in [1.82, 2.24) is 0 Å². The predicted molar refractivity (Wildman–Crippen MR) is 84.0 cm³/mol. The summed E-state index contributed by atoms with van der Waals surface area (Å²) in [5.74, 6) is 0. The van der Waals surface area contributed by atoms with Crippen LogP contribution in [0.3, 0.4) is 0 Å². The third kappa shape index (κ3) is 2.99. The van der Waals surface area contributed by atoms with Crippen LogP contribution >= 0.6 is 15.9 Å². The molecule has 0 heterocycles. The van der Waals surface area contributed by atoms with Crippen molar-refractivity contribution in [1.29, 1.82) is 0 Å². The molecule has 0 bridgehead atoms. The van der Waals surface area contributed by atoms with E-state index in [1.807, 2.05) is 38.1 Å². The summed E-state index contributed by atoms with van der Waals surface area (Å²) in [6, 6.07) is 11.2. The second-order valence-electron chi connectivity index (χ2n) is 4.63. The first-order valence-corrected chi connectivity index (χ1v) is 7.02. The van der Waals surface area contributed by atoms with Gasteiger partial charge in [0.05, 0.1) is 4.92 Å². The van der Waals surface area contributed by atoms with Gasteiger partial charge in [-0.15, -0.1) is 0 Å². The third-order valence-electron chi connectivity index (χ3n) is 3.19. The highest BCUT2D eigenvalue weighted by molar-refractivity contribution is 9.10. The minimum absolute atomic E-state index is 0.0887. The standard InChI is InChI=1S/C15H15BrN2O2/c1-10-5-3-6-11(2)15(10)17-9-12-7-4-8-13(14(12)16)18(19)20/h3-8,17H,9H2,1-2H3. The van der Waals surface area contributed by atoms with Crippen LogP contribution in [0.2, 0.25) is 0 Å². The summed E-state index contributed by atoms with van der Waals surface area (Å²) in [6.07, 6.45) is 0. The molecule has 2 aromatic rings. The molecule has 0 saturated heterocycles. The Bertz CT molecular complexity index is 636. The number of anilines is 1. The van der Waals surface area contributed by atoms with Gasteiger partial charge in [0, 0.05) is 18.3 Å². The molecule has 4 nitrogen and oxygen atoms in total. The summed E-state index contributed by atoms with van der Waals surface area (Å²) in [6.45, 7) is 4.61. The van der Waals surface area contributed by atoms with Crippen LogP contribution in [-0.2, 0) is 6.54 Å². The number of benzene rings is 2. The van der Waals surface area contributed by atoms with Gasteiger partial charge in [0.1, 0.15) is 4.47 Å². The number of nitrogens with zero attached hydrogens (tertiary/aromatic N) is 1. The van der Waals surface area contributed by atoms with Crippen LogP contribution < -0.4 is 5.32 Å². The van der Waals surface area contributed by atoms with Crippen molar-refractivity contribution >= 4 is 27.3 Å². The fraction of sp³-hybridized carbons (Fsp3) is 0.200. The molecule has 0 unspecified atom stereocenters. The fourth-order valence-corrected chi connectivity index (χ4v) is 2.67. The Balaban J connectivity index is 2.24. The van der Waals surface area contributed by atoms with Crippen LogP contribution in [0.4, 0.5) is 11.4 Å². The monoisotopic (exact) mass is 334 g/mol. The normalized spacial score (nSPS) is 10.3. The molecule has 0 aliphatic heterocycles. The number of hydrogen-bond acceptors (Lipinski definition) is 3. The van der Waals surface area contributed by atoms with Crippen LogP contribution in [0.15, 0.2) is 40.9 Å². The maximum atomic E-state index is 10.9. The lowest BCUT2D eigenvalue weighted by Gasteiger charge is -2.13. The molecule has 104 valence electrons. The van der Waals surface area contributed by atoms with E-state index in [1.54, 1.807) is 6.07 Å². The van der Waals surface area contributed by atoms with E-state index in [0.29, 0.717) is 11.0 Å². The molecule has 0 spiro atoms. The molecule has 0 fully saturated rings. The number of aryl methyl sites for hydroxylation is 2. The van der Waals surface area contributed by atoms with Crippen LogP contribution in [0, 0.1) is 24.0 Å². The number of nitro groups is 1. The van der Waals surface area contributed by atoms with Crippen LogP contribution in [0.25, 0.3) is 0 Å². The van der Waals surface area contributed by atoms with E-state index in [-0.39, 0.29) is 10.6 Å². The Labute approximate surface area is 126 Å². The van der Waals surface area contributed by atoms with Crippen LogP contribution in [0.5, 0.6) is 0 Å². The maximum Gasteiger partial charge on any atom is 0.283 e. The highest BCUT2D eigenvalue weighted by Gasteiger charge is 2.14. The molecule has 2 aromatic carbocycles. The van der Waals surface area contributed by atoms with Gasteiger partial charge in [-0.25, -0.2) is 0 Å². The van der Waals surface area contributed by atoms with E-state index in [9.17, 15) is 10.1 Å². The van der Waals surface area contributed by atoms with Gasteiger partial charge >= 0.3 is 0 Å². The Morgan fingerprint density at radius 3 is 2.35 bits per heavy atom. The molecular weight excluding hydrogens is 320 g/mol. The maximum absolute atomic E-state index is 10.9. The first-order valence-electron chi connectivity index (χ1n) is 6.22. The lowest BCUT2D eigenvalue weighted by molar-refractivity contribution is -0.385. The summed E-state index contributed by atoms with van der Waals surface area (Å²) >= 11 is 3.31. The number of rotatable bonds is 4. The predicted octanol–water partition coefficient (Wildman–Crippen LogP) is 4.59. The van der Waals surface area contributed by atoms with Crippen molar-refractivity contribution in [3.05, 3.63) is 67.7 Å². The molecule has 0 aliphatic rings. The van der Waals surface area contributed by atoms with E-state index in [0.717, 1.165) is 22.4 Å². The summed E-state index contributed by atoms with van der Waals surface area (Å²) in [5.41, 5.74) is 4.34. The van der Waals surface area contributed by atoms with Crippen molar-refractivity contribution < 1.29 is 4.92 Å². The second-order valence-corrected chi connectivity index (χ2v) is 5.42. The van der Waals surface area contributed by atoms with Gasteiger partial charge in [-0.2, -0.15) is 0 Å². The zero-order valence-electron chi connectivity index (χ0n) is 11.3. The zero-order valence-corrected chi connectivity index (χ0v) is 12.9. The minimum atomic E-state index is -0.382. The average molecular weight is 335 g/mol. The number of halogens is 1. The molecule has 2 rings (SSSR count). The highest BCUT2D eigenvalue weighted by Crippen LogP contribution is 2.29. The summed E-state index contributed by atoms with van der Waals surface area (Å²) in [4.78, 5) is 10.5. The van der Waals surface area contributed by atoms with Crippen molar-refractivity contribution in [2.45, 2.75) is 20.4 Å². The topological polar surface area (TPSA) is 55.2 Å². The van der Waals surface area contributed by atoms with Gasteiger partial charge in [-0.3, -0.25) is 10.1 Å². The Morgan fingerprint density at radius 2 is 1.75 bits per heavy atom. The molecule has 0 atom stereocenters. The molecule has 1 N–H and O–H groups in total. The number of hydrogen-bond donors (Lipinski definition) is 1. The van der Waals surface area contributed by atoms with Gasteiger partial charge in [0.25, 0.3) is 5.69 Å². The van der Waals surface area contributed by atoms with Crippen molar-refractivity contribution in [2.75, 3.05) is 5.32 Å². The van der Waals surface area contributed by atoms with Crippen molar-refractivity contribution in [3.8, 4) is 0 Å². The summed E-state index contributed by atoms with van der Waals surface area (Å²) in [5, 5.41) is 14.3. The SMILES string of the molecule is Cc1cccc(C)c1NCc1cccc([N+](=O)[O-])c1Br. The van der Waals surface area contributed by atoms with Crippen LogP contribution in [-0.4, -0.2) is 4.92 Å². The van der Waals surface area contributed by atoms with E-state index in [1.165, 1.54) is 6.07 Å². The smallest absolute Gasteiger partial charge is 0.283 e. The van der Waals surface area contributed by atoms with E-state index < -0.39 is 0 Å². The summed E-state index contributed by atoms with van der Waals surface area (Å²) < 4.78 is 0.531. The molecule has 0 saturated carbocycles. The van der Waals surface area contributed by atoms with Crippen molar-refractivity contribution in [2.24, 2.45) is 0 Å². The zero-order chi connectivity index (χ0) is 14.7. The Hall–Kier alpha value is -1.88. The average Bonchev–Trinajstić information content (AvgIpc) is 2.39. The molecule has 20 heavy (non-hydrogen) atoms.